The molecular weight excluding hydrogens is 383 g/mol. The highest BCUT2D eigenvalue weighted by Crippen LogP contribution is 2.29. The van der Waals surface area contributed by atoms with Crippen LogP contribution in [0.1, 0.15) is 24.1 Å². The number of nitrogens with one attached hydrogen (secondary N) is 3. The molecule has 3 rings (SSSR count). The van der Waals surface area contributed by atoms with E-state index in [4.69, 9.17) is 15.0 Å². The zero-order valence-corrected chi connectivity index (χ0v) is 16.1. The lowest BCUT2D eigenvalue weighted by molar-refractivity contribution is 0.300. The van der Waals surface area contributed by atoms with E-state index < -0.39 is 0 Å². The molecule has 0 saturated heterocycles. The molecule has 4 N–H and O–H groups in total. The number of rotatable bonds is 6. The first-order chi connectivity index (χ1) is 13.1. The molecule has 148 valence electrons. The fraction of sp³-hybridized carbons (Fsp3) is 0.200. The van der Waals surface area contributed by atoms with Crippen molar-refractivity contribution in [3.63, 3.8) is 0 Å². The number of anilines is 1. The van der Waals surface area contributed by atoms with Crippen LogP contribution in [-0.2, 0) is 0 Å². The number of hydrogen-bond acceptors (Lipinski definition) is 4. The minimum Gasteiger partial charge on any atom is -0.395 e. The summed E-state index contributed by atoms with van der Waals surface area (Å²) in [6.07, 6.45) is 0. The molecule has 0 saturated carbocycles. The molecule has 0 aliphatic heterocycles. The normalized spacial score (nSPS) is 11.4. The third-order valence-electron chi connectivity index (χ3n) is 4.21. The third kappa shape index (κ3) is 5.09. The van der Waals surface area contributed by atoms with Gasteiger partial charge in [0.25, 0.3) is 0 Å². The summed E-state index contributed by atoms with van der Waals surface area (Å²) >= 11 is 0. The van der Waals surface area contributed by atoms with Crippen LogP contribution in [0.25, 0.3) is 11.1 Å². The Bertz CT molecular complexity index is 918. The topological polar surface area (TPSA) is 94.2 Å². The monoisotopic (exact) mass is 404 g/mol. The molecule has 3 aromatic rings. The summed E-state index contributed by atoms with van der Waals surface area (Å²) < 4.78 is 19.8. The summed E-state index contributed by atoms with van der Waals surface area (Å²) in [6, 6.07) is 16.2. The molecule has 0 spiro atoms. The average Bonchev–Trinajstić information content (AvgIpc) is 3.14. The van der Waals surface area contributed by atoms with Crippen LogP contribution in [0.5, 0.6) is 0 Å². The maximum Gasteiger partial charge on any atom is 0.231 e. The van der Waals surface area contributed by atoms with Gasteiger partial charge in [0.2, 0.25) is 5.88 Å². The van der Waals surface area contributed by atoms with Crippen molar-refractivity contribution in [2.24, 2.45) is 0 Å². The van der Waals surface area contributed by atoms with Gasteiger partial charge < -0.3 is 14.9 Å². The van der Waals surface area contributed by atoms with Gasteiger partial charge in [0, 0.05) is 24.1 Å². The molecule has 0 fully saturated rings. The highest BCUT2D eigenvalue weighted by molar-refractivity contribution is 5.89. The van der Waals surface area contributed by atoms with Crippen molar-refractivity contribution in [1.82, 2.24) is 10.5 Å². The van der Waals surface area contributed by atoms with E-state index in [1.807, 2.05) is 43.3 Å². The Hall–Kier alpha value is -2.90. The van der Waals surface area contributed by atoms with E-state index in [-0.39, 0.29) is 43.3 Å². The van der Waals surface area contributed by atoms with Crippen LogP contribution in [0.15, 0.2) is 59.1 Å². The molecule has 0 radical (unpaired) electrons. The fourth-order valence-electron chi connectivity index (χ4n) is 2.72. The predicted octanol–water partition coefficient (Wildman–Crippen LogP) is 3.98. The summed E-state index contributed by atoms with van der Waals surface area (Å²) in [4.78, 5) is 0. The van der Waals surface area contributed by atoms with Gasteiger partial charge >= 0.3 is 0 Å². The average molecular weight is 405 g/mol. The zero-order chi connectivity index (χ0) is 19.2. The van der Waals surface area contributed by atoms with Crippen molar-refractivity contribution in [2.75, 3.05) is 18.5 Å². The Morgan fingerprint density at radius 1 is 1.21 bits per heavy atom. The van der Waals surface area contributed by atoms with Crippen molar-refractivity contribution >= 4 is 24.3 Å². The molecule has 28 heavy (non-hydrogen) atoms. The van der Waals surface area contributed by atoms with Crippen LogP contribution in [-0.4, -0.2) is 29.4 Å². The van der Waals surface area contributed by atoms with Crippen LogP contribution >= 0.6 is 12.4 Å². The lowest BCUT2D eigenvalue weighted by atomic mass is 9.95. The SMILES string of the molecule is CC(c1ccc(-c2ccccc2)c(F)c1)c1cc(NC(=N)NCCO)on1.Cl. The molecule has 6 nitrogen and oxygen atoms in total. The van der Waals surface area contributed by atoms with Gasteiger partial charge in [-0.3, -0.25) is 10.7 Å². The second kappa shape index (κ2) is 9.87. The van der Waals surface area contributed by atoms with Crippen LogP contribution in [0.4, 0.5) is 10.3 Å². The quantitative estimate of drug-likeness (QED) is 0.368. The molecule has 8 heteroatoms. The fourth-order valence-corrected chi connectivity index (χ4v) is 2.72. The first-order valence-corrected chi connectivity index (χ1v) is 8.60. The third-order valence-corrected chi connectivity index (χ3v) is 4.21. The van der Waals surface area contributed by atoms with Crippen molar-refractivity contribution in [3.05, 3.63) is 71.7 Å². The lowest BCUT2D eigenvalue weighted by Gasteiger charge is -2.11. The minimum atomic E-state index is -0.289. The molecule has 2 aromatic carbocycles. The highest BCUT2D eigenvalue weighted by Gasteiger charge is 2.16. The summed E-state index contributed by atoms with van der Waals surface area (Å²) in [5.74, 6) is -0.170. The molecule has 0 aliphatic rings. The van der Waals surface area contributed by atoms with Gasteiger partial charge in [-0.1, -0.05) is 54.5 Å². The Labute approximate surface area is 168 Å². The first kappa shape index (κ1) is 21.4. The standard InChI is InChI=1S/C20H21FN4O2.ClH/c1-13(18-12-19(27-25-18)24-20(22)23-9-10-26)15-7-8-16(17(21)11-15)14-5-3-2-4-6-14;/h2-8,11-13,26H,9-10H2,1H3,(H3,22,23,24);1H. The molecule has 1 atom stereocenters. The van der Waals surface area contributed by atoms with Gasteiger partial charge in [0.05, 0.1) is 12.3 Å². The number of aliphatic hydroxyl groups is 1. The van der Waals surface area contributed by atoms with Gasteiger partial charge in [-0.25, -0.2) is 4.39 Å². The van der Waals surface area contributed by atoms with Gasteiger partial charge in [-0.15, -0.1) is 12.4 Å². The van der Waals surface area contributed by atoms with E-state index in [0.717, 1.165) is 11.1 Å². The summed E-state index contributed by atoms with van der Waals surface area (Å²) in [6.45, 7) is 2.09. The number of benzene rings is 2. The Morgan fingerprint density at radius 3 is 2.64 bits per heavy atom. The lowest BCUT2D eigenvalue weighted by Crippen LogP contribution is -2.31. The van der Waals surface area contributed by atoms with Gasteiger partial charge in [-0.05, 0) is 17.2 Å². The van der Waals surface area contributed by atoms with Gasteiger partial charge in [-0.2, -0.15) is 0 Å². The summed E-state index contributed by atoms with van der Waals surface area (Å²) in [5.41, 5.74) is 2.79. The van der Waals surface area contributed by atoms with Crippen LogP contribution in [0.2, 0.25) is 0 Å². The van der Waals surface area contributed by atoms with Crippen LogP contribution in [0, 0.1) is 11.2 Å². The highest BCUT2D eigenvalue weighted by atomic mass is 35.5. The Morgan fingerprint density at radius 2 is 1.96 bits per heavy atom. The van der Waals surface area contributed by atoms with Crippen molar-refractivity contribution in [3.8, 4) is 11.1 Å². The molecule has 0 amide bonds. The smallest absolute Gasteiger partial charge is 0.231 e. The molecule has 1 heterocycles. The largest absolute Gasteiger partial charge is 0.395 e. The number of aromatic nitrogens is 1. The molecular formula is C20H22ClFN4O2. The molecule has 0 aliphatic carbocycles. The van der Waals surface area contributed by atoms with E-state index >= 15 is 0 Å². The molecule has 1 aromatic heterocycles. The summed E-state index contributed by atoms with van der Waals surface area (Å²) in [7, 11) is 0. The second-order valence-corrected chi connectivity index (χ2v) is 6.09. The van der Waals surface area contributed by atoms with Crippen molar-refractivity contribution in [2.45, 2.75) is 12.8 Å². The Balaban J connectivity index is 0.00000280. The second-order valence-electron chi connectivity index (χ2n) is 6.09. The maximum absolute atomic E-state index is 14.6. The first-order valence-electron chi connectivity index (χ1n) is 8.60. The van der Waals surface area contributed by atoms with Crippen molar-refractivity contribution < 1.29 is 14.0 Å². The van der Waals surface area contributed by atoms with E-state index in [1.54, 1.807) is 12.1 Å². The van der Waals surface area contributed by atoms with E-state index in [2.05, 4.69) is 15.8 Å². The number of guanidine groups is 1. The molecule has 0 bridgehead atoms. The number of halogens is 2. The number of hydrogen-bond donors (Lipinski definition) is 4. The maximum atomic E-state index is 14.6. The van der Waals surface area contributed by atoms with Crippen LogP contribution < -0.4 is 10.6 Å². The predicted molar refractivity (Wildman–Crippen MR) is 110 cm³/mol. The van der Waals surface area contributed by atoms with Crippen molar-refractivity contribution in [1.29, 1.82) is 5.41 Å². The van der Waals surface area contributed by atoms with E-state index in [0.29, 0.717) is 17.1 Å². The number of nitrogens with zero attached hydrogens (tertiary/aromatic N) is 1. The van der Waals surface area contributed by atoms with Gasteiger partial charge in [0.15, 0.2) is 5.96 Å². The Kier molecular flexibility index (Phi) is 7.54. The number of aliphatic hydroxyl groups excluding tert-OH is 1. The summed E-state index contributed by atoms with van der Waals surface area (Å²) in [5, 5.41) is 25.8. The molecule has 1 unspecified atom stereocenters. The van der Waals surface area contributed by atoms with Gasteiger partial charge in [0.1, 0.15) is 5.82 Å². The minimum absolute atomic E-state index is 0. The van der Waals surface area contributed by atoms with E-state index in [9.17, 15) is 4.39 Å². The zero-order valence-electron chi connectivity index (χ0n) is 15.3. The van der Waals surface area contributed by atoms with Crippen LogP contribution in [0.3, 0.4) is 0 Å². The van der Waals surface area contributed by atoms with E-state index in [1.165, 1.54) is 6.07 Å².